The maximum atomic E-state index is 12.6. The van der Waals surface area contributed by atoms with Crippen molar-refractivity contribution in [3.63, 3.8) is 0 Å². The van der Waals surface area contributed by atoms with Crippen LogP contribution in [-0.4, -0.2) is 37.4 Å². The fourth-order valence-corrected chi connectivity index (χ4v) is 3.23. The van der Waals surface area contributed by atoms with E-state index in [0.717, 1.165) is 40.5 Å². The van der Waals surface area contributed by atoms with Crippen LogP contribution in [0.3, 0.4) is 0 Å². The zero-order valence-corrected chi connectivity index (χ0v) is 14.4. The lowest BCUT2D eigenvalue weighted by Gasteiger charge is -2.26. The zero-order chi connectivity index (χ0) is 17.9. The van der Waals surface area contributed by atoms with Gasteiger partial charge in [-0.2, -0.15) is 0 Å². The van der Waals surface area contributed by atoms with Crippen LogP contribution < -0.4 is 0 Å². The Hall–Kier alpha value is -2.99. The predicted molar refractivity (Wildman–Crippen MR) is 97.0 cm³/mol. The van der Waals surface area contributed by atoms with Gasteiger partial charge in [0.15, 0.2) is 0 Å². The molecule has 2 N–H and O–H groups in total. The van der Waals surface area contributed by atoms with E-state index in [1.54, 1.807) is 6.20 Å². The Morgan fingerprint density at radius 2 is 2.15 bits per heavy atom. The first-order chi connectivity index (χ1) is 12.7. The molecule has 0 saturated heterocycles. The fraction of sp³-hybridized carbons (Fsp3) is 0.250. The molecule has 132 valence electrons. The van der Waals surface area contributed by atoms with Gasteiger partial charge in [0.25, 0.3) is 0 Å². The van der Waals surface area contributed by atoms with Crippen LogP contribution in [0.2, 0.25) is 0 Å². The summed E-state index contributed by atoms with van der Waals surface area (Å²) in [5, 5.41) is 9.31. The molecule has 0 unspecified atom stereocenters. The molecule has 0 spiro atoms. The van der Waals surface area contributed by atoms with Crippen LogP contribution in [0.25, 0.3) is 11.4 Å². The second kappa shape index (κ2) is 7.09. The molecule has 0 atom stereocenters. The lowest BCUT2D eigenvalue weighted by Crippen LogP contribution is -2.37. The molecule has 2 aromatic heterocycles. The van der Waals surface area contributed by atoms with Crippen molar-refractivity contribution in [1.29, 1.82) is 0 Å². The normalized spacial score (nSPS) is 13.5. The number of nitrogens with one attached hydrogen (secondary N) is 1. The van der Waals surface area contributed by atoms with Crippen molar-refractivity contribution in [3.05, 3.63) is 71.3 Å². The van der Waals surface area contributed by atoms with Crippen molar-refractivity contribution < 1.29 is 9.90 Å². The maximum Gasteiger partial charge on any atom is 0.228 e. The summed E-state index contributed by atoms with van der Waals surface area (Å²) in [6.45, 7) is 1.21. The van der Waals surface area contributed by atoms with Gasteiger partial charge in [-0.3, -0.25) is 9.78 Å². The SMILES string of the molecule is O=C(Cc1ccccn1)N1CCc2nc(-c3cccc(CO)c3)[nH]c2C1. The molecule has 1 aromatic carbocycles. The summed E-state index contributed by atoms with van der Waals surface area (Å²) in [6, 6.07) is 13.3. The van der Waals surface area contributed by atoms with Crippen LogP contribution >= 0.6 is 0 Å². The van der Waals surface area contributed by atoms with E-state index in [4.69, 9.17) is 0 Å². The van der Waals surface area contributed by atoms with Gasteiger partial charge in [0, 0.05) is 30.4 Å². The number of aromatic nitrogens is 3. The van der Waals surface area contributed by atoms with Crippen LogP contribution in [0.5, 0.6) is 0 Å². The summed E-state index contributed by atoms with van der Waals surface area (Å²) in [5.74, 6) is 0.858. The first kappa shape index (κ1) is 16.5. The average Bonchev–Trinajstić information content (AvgIpc) is 3.12. The number of carbonyl (C=O) groups excluding carboxylic acids is 1. The molecule has 4 rings (SSSR count). The van der Waals surface area contributed by atoms with E-state index < -0.39 is 0 Å². The van der Waals surface area contributed by atoms with Crippen LogP contribution in [0.15, 0.2) is 48.7 Å². The van der Waals surface area contributed by atoms with Gasteiger partial charge in [-0.25, -0.2) is 4.98 Å². The molecule has 6 heteroatoms. The van der Waals surface area contributed by atoms with Crippen LogP contribution in [0, 0.1) is 0 Å². The molecule has 0 aliphatic carbocycles. The number of aliphatic hydroxyl groups excluding tert-OH is 1. The predicted octanol–water partition coefficient (Wildman–Crippen LogP) is 2.09. The Balaban J connectivity index is 1.50. The van der Waals surface area contributed by atoms with Crippen molar-refractivity contribution in [3.8, 4) is 11.4 Å². The van der Waals surface area contributed by atoms with Gasteiger partial charge in [-0.15, -0.1) is 0 Å². The third-order valence-electron chi connectivity index (χ3n) is 4.63. The summed E-state index contributed by atoms with van der Waals surface area (Å²) in [4.78, 5) is 26.7. The largest absolute Gasteiger partial charge is 0.392 e. The summed E-state index contributed by atoms with van der Waals surface area (Å²) in [5.41, 5.74) is 4.57. The molecule has 26 heavy (non-hydrogen) atoms. The second-order valence-corrected chi connectivity index (χ2v) is 6.43. The number of nitrogens with zero attached hydrogens (tertiary/aromatic N) is 3. The van der Waals surface area contributed by atoms with Crippen molar-refractivity contribution in [2.75, 3.05) is 6.54 Å². The number of hydrogen-bond donors (Lipinski definition) is 2. The van der Waals surface area contributed by atoms with E-state index in [0.29, 0.717) is 19.5 Å². The van der Waals surface area contributed by atoms with E-state index in [9.17, 15) is 9.90 Å². The van der Waals surface area contributed by atoms with E-state index >= 15 is 0 Å². The summed E-state index contributed by atoms with van der Waals surface area (Å²) < 4.78 is 0. The number of aliphatic hydroxyl groups is 1. The number of H-pyrrole nitrogens is 1. The van der Waals surface area contributed by atoms with Crippen LogP contribution in [-0.2, 0) is 30.8 Å². The van der Waals surface area contributed by atoms with Crippen molar-refractivity contribution in [2.24, 2.45) is 0 Å². The number of benzene rings is 1. The van der Waals surface area contributed by atoms with E-state index in [-0.39, 0.29) is 12.5 Å². The van der Waals surface area contributed by atoms with Crippen molar-refractivity contribution in [1.82, 2.24) is 19.9 Å². The summed E-state index contributed by atoms with van der Waals surface area (Å²) in [7, 11) is 0. The lowest BCUT2D eigenvalue weighted by molar-refractivity contribution is -0.131. The average molecular weight is 348 g/mol. The fourth-order valence-electron chi connectivity index (χ4n) is 3.23. The second-order valence-electron chi connectivity index (χ2n) is 6.43. The number of carbonyl (C=O) groups is 1. The third-order valence-corrected chi connectivity index (χ3v) is 4.63. The summed E-state index contributed by atoms with van der Waals surface area (Å²) in [6.07, 6.45) is 2.76. The molecule has 0 saturated carbocycles. The number of pyridine rings is 1. The molecule has 1 amide bonds. The van der Waals surface area contributed by atoms with Gasteiger partial charge < -0.3 is 15.0 Å². The molecule has 0 radical (unpaired) electrons. The van der Waals surface area contributed by atoms with Crippen LogP contribution in [0.4, 0.5) is 0 Å². The number of rotatable bonds is 4. The molecule has 6 nitrogen and oxygen atoms in total. The number of amides is 1. The van der Waals surface area contributed by atoms with Gasteiger partial charge in [0.1, 0.15) is 5.82 Å². The van der Waals surface area contributed by atoms with Gasteiger partial charge >= 0.3 is 0 Å². The van der Waals surface area contributed by atoms with Crippen LogP contribution in [0.1, 0.15) is 22.6 Å². The molecule has 1 aliphatic heterocycles. The minimum atomic E-state index is 0.00403. The van der Waals surface area contributed by atoms with Gasteiger partial charge in [0.05, 0.1) is 31.0 Å². The molecule has 3 heterocycles. The highest BCUT2D eigenvalue weighted by Crippen LogP contribution is 2.24. The van der Waals surface area contributed by atoms with Gasteiger partial charge in [0.2, 0.25) is 5.91 Å². The minimum Gasteiger partial charge on any atom is -0.392 e. The van der Waals surface area contributed by atoms with Gasteiger partial charge in [-0.1, -0.05) is 24.3 Å². The minimum absolute atomic E-state index is 0.00403. The first-order valence-corrected chi connectivity index (χ1v) is 8.68. The maximum absolute atomic E-state index is 12.6. The van der Waals surface area contributed by atoms with Crippen molar-refractivity contribution >= 4 is 5.91 Å². The molecule has 0 fully saturated rings. The smallest absolute Gasteiger partial charge is 0.228 e. The molecule has 1 aliphatic rings. The van der Waals surface area contributed by atoms with Crippen molar-refractivity contribution in [2.45, 2.75) is 26.0 Å². The Morgan fingerprint density at radius 3 is 2.96 bits per heavy atom. The number of aromatic amines is 1. The number of imidazole rings is 1. The first-order valence-electron chi connectivity index (χ1n) is 8.68. The van der Waals surface area contributed by atoms with Gasteiger partial charge in [-0.05, 0) is 23.8 Å². The van der Waals surface area contributed by atoms with E-state index in [2.05, 4.69) is 15.0 Å². The molecular weight excluding hydrogens is 328 g/mol. The quantitative estimate of drug-likeness (QED) is 0.756. The standard InChI is InChI=1S/C20H20N4O2/c25-13-14-4-3-5-15(10-14)20-22-17-7-9-24(12-18(17)23-20)19(26)11-16-6-1-2-8-21-16/h1-6,8,10,25H,7,9,11-13H2,(H,22,23). The summed E-state index contributed by atoms with van der Waals surface area (Å²) >= 11 is 0. The lowest BCUT2D eigenvalue weighted by atomic mass is 10.1. The third kappa shape index (κ3) is 3.36. The molecule has 3 aromatic rings. The highest BCUT2D eigenvalue weighted by molar-refractivity contribution is 5.78. The zero-order valence-electron chi connectivity index (χ0n) is 14.4. The molecule has 0 bridgehead atoms. The highest BCUT2D eigenvalue weighted by Gasteiger charge is 2.24. The number of fused-ring (bicyclic) bond motifs is 1. The Morgan fingerprint density at radius 1 is 1.23 bits per heavy atom. The Kier molecular flexibility index (Phi) is 4.50. The number of hydrogen-bond acceptors (Lipinski definition) is 4. The Labute approximate surface area is 151 Å². The molecular formula is C20H20N4O2. The monoisotopic (exact) mass is 348 g/mol. The Bertz CT molecular complexity index is 921. The van der Waals surface area contributed by atoms with E-state index in [1.165, 1.54) is 0 Å². The van der Waals surface area contributed by atoms with E-state index in [1.807, 2.05) is 47.4 Å². The topological polar surface area (TPSA) is 82.1 Å². The highest BCUT2D eigenvalue weighted by atomic mass is 16.3.